The largest absolute Gasteiger partial charge is 0.373 e. The van der Waals surface area contributed by atoms with Crippen LogP contribution in [0.4, 0.5) is 0 Å². The average molecular weight is 214 g/mol. The summed E-state index contributed by atoms with van der Waals surface area (Å²) in [7, 11) is 0. The molecule has 1 fully saturated rings. The van der Waals surface area contributed by atoms with E-state index in [2.05, 4.69) is 25.7 Å². The van der Waals surface area contributed by atoms with Crippen molar-refractivity contribution in [3.8, 4) is 0 Å². The van der Waals surface area contributed by atoms with Crippen LogP contribution in [0.25, 0.3) is 0 Å². The molecule has 0 aromatic heterocycles. The van der Waals surface area contributed by atoms with Crippen LogP contribution in [0.15, 0.2) is 0 Å². The Kier molecular flexibility index (Phi) is 5.03. The van der Waals surface area contributed by atoms with Gasteiger partial charge < -0.3 is 10.5 Å². The lowest BCUT2D eigenvalue weighted by Crippen LogP contribution is -2.50. The Balaban J connectivity index is 2.36. The van der Waals surface area contributed by atoms with Crippen LogP contribution in [0.2, 0.25) is 0 Å². The number of hydrogen-bond donors (Lipinski definition) is 1. The van der Waals surface area contributed by atoms with Gasteiger partial charge in [0, 0.05) is 19.6 Å². The van der Waals surface area contributed by atoms with Crippen molar-refractivity contribution in [2.45, 2.75) is 39.2 Å². The topological polar surface area (TPSA) is 38.5 Å². The fourth-order valence-electron chi connectivity index (χ4n) is 2.33. The quantitative estimate of drug-likeness (QED) is 0.753. The van der Waals surface area contributed by atoms with Gasteiger partial charge in [-0.3, -0.25) is 4.90 Å². The first-order valence-electron chi connectivity index (χ1n) is 6.14. The molecule has 0 amide bonds. The zero-order valence-electron chi connectivity index (χ0n) is 10.5. The van der Waals surface area contributed by atoms with Gasteiger partial charge in [0.1, 0.15) is 0 Å². The molecule has 1 unspecified atom stereocenters. The van der Waals surface area contributed by atoms with Crippen molar-refractivity contribution >= 4 is 0 Å². The molecule has 0 aromatic rings. The zero-order chi connectivity index (χ0) is 11.3. The highest BCUT2D eigenvalue weighted by Crippen LogP contribution is 2.18. The van der Waals surface area contributed by atoms with Gasteiger partial charge in [-0.1, -0.05) is 13.3 Å². The molecular formula is C12H26N2O. The average Bonchev–Trinajstić information content (AvgIpc) is 2.15. The van der Waals surface area contributed by atoms with Gasteiger partial charge in [0.15, 0.2) is 0 Å². The van der Waals surface area contributed by atoms with Gasteiger partial charge in [0.2, 0.25) is 0 Å². The van der Waals surface area contributed by atoms with Gasteiger partial charge in [0.05, 0.1) is 12.2 Å². The first kappa shape index (κ1) is 12.9. The predicted octanol–water partition coefficient (Wildman–Crippen LogP) is 1.47. The van der Waals surface area contributed by atoms with E-state index in [1.807, 2.05) is 0 Å². The molecule has 1 heterocycles. The molecule has 0 aliphatic carbocycles. The van der Waals surface area contributed by atoms with E-state index in [1.165, 1.54) is 12.8 Å². The number of hydrogen-bond acceptors (Lipinski definition) is 3. The molecule has 0 bridgehead atoms. The second kappa shape index (κ2) is 5.83. The Morgan fingerprint density at radius 2 is 2.20 bits per heavy atom. The van der Waals surface area contributed by atoms with Crippen molar-refractivity contribution in [1.29, 1.82) is 0 Å². The van der Waals surface area contributed by atoms with Crippen molar-refractivity contribution in [3.05, 3.63) is 0 Å². The number of rotatable bonds is 5. The van der Waals surface area contributed by atoms with E-state index >= 15 is 0 Å². The second-order valence-electron chi connectivity index (χ2n) is 5.23. The van der Waals surface area contributed by atoms with Crippen LogP contribution in [0.3, 0.4) is 0 Å². The van der Waals surface area contributed by atoms with Crippen molar-refractivity contribution < 1.29 is 4.74 Å². The van der Waals surface area contributed by atoms with Gasteiger partial charge in [-0.05, 0) is 32.7 Å². The summed E-state index contributed by atoms with van der Waals surface area (Å²) in [6.45, 7) is 11.5. The van der Waals surface area contributed by atoms with E-state index in [4.69, 9.17) is 10.5 Å². The lowest BCUT2D eigenvalue weighted by molar-refractivity contribution is -0.0889. The maximum atomic E-state index is 5.79. The minimum absolute atomic E-state index is 0.0175. The van der Waals surface area contributed by atoms with Gasteiger partial charge in [-0.25, -0.2) is 0 Å². The third-order valence-electron chi connectivity index (χ3n) is 3.05. The fourth-order valence-corrected chi connectivity index (χ4v) is 2.33. The zero-order valence-corrected chi connectivity index (χ0v) is 10.5. The highest BCUT2D eigenvalue weighted by atomic mass is 16.5. The summed E-state index contributed by atoms with van der Waals surface area (Å²) in [5.41, 5.74) is 5.80. The van der Waals surface area contributed by atoms with Crippen LogP contribution in [-0.2, 0) is 4.74 Å². The van der Waals surface area contributed by atoms with E-state index in [9.17, 15) is 0 Å². The summed E-state index contributed by atoms with van der Waals surface area (Å²) in [6.07, 6.45) is 2.48. The van der Waals surface area contributed by atoms with Crippen molar-refractivity contribution in [1.82, 2.24) is 4.90 Å². The van der Waals surface area contributed by atoms with Gasteiger partial charge in [-0.15, -0.1) is 0 Å². The maximum Gasteiger partial charge on any atom is 0.0753 e. The lowest BCUT2D eigenvalue weighted by Gasteiger charge is -2.39. The molecule has 90 valence electrons. The van der Waals surface area contributed by atoms with Gasteiger partial charge in [0.25, 0.3) is 0 Å². The molecule has 2 N–H and O–H groups in total. The van der Waals surface area contributed by atoms with E-state index in [1.54, 1.807) is 0 Å². The molecule has 1 rings (SSSR count). The Morgan fingerprint density at radius 3 is 2.73 bits per heavy atom. The smallest absolute Gasteiger partial charge is 0.0753 e. The molecule has 0 aromatic carbocycles. The number of morpholine rings is 1. The van der Waals surface area contributed by atoms with Crippen LogP contribution >= 0.6 is 0 Å². The molecule has 0 radical (unpaired) electrons. The molecule has 1 aliphatic rings. The molecular weight excluding hydrogens is 188 g/mol. The summed E-state index contributed by atoms with van der Waals surface area (Å²) in [5.74, 6) is 0.656. The van der Waals surface area contributed by atoms with Crippen LogP contribution in [-0.4, -0.2) is 43.3 Å². The van der Waals surface area contributed by atoms with Crippen LogP contribution in [0, 0.1) is 5.92 Å². The summed E-state index contributed by atoms with van der Waals surface area (Å²) in [6, 6.07) is 0. The monoisotopic (exact) mass is 214 g/mol. The number of ether oxygens (including phenoxy) is 1. The van der Waals surface area contributed by atoms with E-state index in [0.717, 1.165) is 32.8 Å². The van der Waals surface area contributed by atoms with E-state index < -0.39 is 0 Å². The third kappa shape index (κ3) is 4.49. The summed E-state index contributed by atoms with van der Waals surface area (Å²) in [5, 5.41) is 0. The Morgan fingerprint density at radius 1 is 1.47 bits per heavy atom. The first-order chi connectivity index (χ1) is 7.07. The summed E-state index contributed by atoms with van der Waals surface area (Å²) >= 11 is 0. The van der Waals surface area contributed by atoms with Gasteiger partial charge in [-0.2, -0.15) is 0 Å². The standard InChI is InChI=1S/C12H26N2O/c1-4-5-11(8-13)9-14-6-7-15-12(2,3)10-14/h11H,4-10,13H2,1-3H3. The molecule has 0 saturated carbocycles. The Hall–Kier alpha value is -0.120. The molecule has 1 aliphatic heterocycles. The van der Waals surface area contributed by atoms with Crippen LogP contribution in [0.5, 0.6) is 0 Å². The fraction of sp³-hybridized carbons (Fsp3) is 1.00. The molecule has 3 heteroatoms. The molecule has 15 heavy (non-hydrogen) atoms. The lowest BCUT2D eigenvalue weighted by atomic mass is 10.0. The highest BCUT2D eigenvalue weighted by Gasteiger charge is 2.27. The van der Waals surface area contributed by atoms with Crippen molar-refractivity contribution in [2.75, 3.05) is 32.8 Å². The molecule has 1 atom stereocenters. The highest BCUT2D eigenvalue weighted by molar-refractivity contribution is 4.80. The predicted molar refractivity (Wildman–Crippen MR) is 63.9 cm³/mol. The van der Waals surface area contributed by atoms with Crippen molar-refractivity contribution in [2.24, 2.45) is 11.7 Å². The maximum absolute atomic E-state index is 5.79. The van der Waals surface area contributed by atoms with E-state index in [0.29, 0.717) is 5.92 Å². The van der Waals surface area contributed by atoms with Crippen molar-refractivity contribution in [3.63, 3.8) is 0 Å². The number of nitrogens with zero attached hydrogens (tertiary/aromatic N) is 1. The normalized spacial score (nSPS) is 24.0. The summed E-state index contributed by atoms with van der Waals surface area (Å²) < 4.78 is 5.70. The SMILES string of the molecule is CCCC(CN)CN1CCOC(C)(C)C1. The molecule has 1 saturated heterocycles. The van der Waals surface area contributed by atoms with Crippen LogP contribution in [0.1, 0.15) is 33.6 Å². The molecule has 3 nitrogen and oxygen atoms in total. The van der Waals surface area contributed by atoms with Gasteiger partial charge >= 0.3 is 0 Å². The third-order valence-corrected chi connectivity index (χ3v) is 3.05. The second-order valence-corrected chi connectivity index (χ2v) is 5.23. The number of nitrogens with two attached hydrogens (primary N) is 1. The molecule has 0 spiro atoms. The van der Waals surface area contributed by atoms with E-state index in [-0.39, 0.29) is 5.60 Å². The Bertz CT molecular complexity index is 182. The van der Waals surface area contributed by atoms with Crippen LogP contribution < -0.4 is 5.73 Å². The Labute approximate surface area is 94.0 Å². The first-order valence-corrected chi connectivity index (χ1v) is 6.14. The summed E-state index contributed by atoms with van der Waals surface area (Å²) in [4.78, 5) is 2.50. The minimum Gasteiger partial charge on any atom is -0.373 e. The minimum atomic E-state index is 0.0175.